The summed E-state index contributed by atoms with van der Waals surface area (Å²) in [5, 5.41) is 3.17. The summed E-state index contributed by atoms with van der Waals surface area (Å²) < 4.78 is 0. The number of aryl methyl sites for hydroxylation is 1. The Morgan fingerprint density at radius 3 is 2.64 bits per heavy atom. The predicted molar refractivity (Wildman–Crippen MR) is 121 cm³/mol. The van der Waals surface area contributed by atoms with E-state index in [1.807, 2.05) is 12.1 Å². The van der Waals surface area contributed by atoms with Crippen LogP contribution in [0, 0.1) is 18.8 Å². The van der Waals surface area contributed by atoms with Crippen molar-refractivity contribution in [2.45, 2.75) is 91.5 Å². The summed E-state index contributed by atoms with van der Waals surface area (Å²) in [6.45, 7) is 11.1. The van der Waals surface area contributed by atoms with Crippen molar-refractivity contribution in [3.05, 3.63) is 29.8 Å². The minimum Gasteiger partial charge on any atom is -0.326 e. The molecule has 3 nitrogen and oxygen atoms in total. The van der Waals surface area contributed by atoms with Crippen molar-refractivity contribution in [2.24, 2.45) is 11.8 Å². The molecule has 1 aromatic rings. The molecule has 1 saturated heterocycles. The molecule has 0 radical (unpaired) electrons. The average Bonchev–Trinajstić information content (AvgIpc) is 2.70. The standard InChI is InChI=1S/C25H42N2O/c1-5-8-9-10-11-14-21(6-2)24-19-22(16-17-27(24)7-3)25(28)26-23-15-12-13-20(4)18-23/h12-13,15,18,21-22,24H,5-11,14,16-17,19H2,1-4H3,(H,26,28). The van der Waals surface area contributed by atoms with E-state index in [0.717, 1.165) is 37.5 Å². The van der Waals surface area contributed by atoms with Gasteiger partial charge in [0.2, 0.25) is 5.91 Å². The van der Waals surface area contributed by atoms with E-state index in [1.165, 1.54) is 50.5 Å². The lowest BCUT2D eigenvalue weighted by Crippen LogP contribution is -2.48. The molecule has 0 saturated carbocycles. The van der Waals surface area contributed by atoms with Crippen LogP contribution in [0.25, 0.3) is 0 Å². The largest absolute Gasteiger partial charge is 0.326 e. The number of nitrogens with one attached hydrogen (secondary N) is 1. The van der Waals surface area contributed by atoms with Gasteiger partial charge in [-0.25, -0.2) is 0 Å². The van der Waals surface area contributed by atoms with Crippen LogP contribution < -0.4 is 5.32 Å². The van der Waals surface area contributed by atoms with Gasteiger partial charge in [-0.3, -0.25) is 4.79 Å². The highest BCUT2D eigenvalue weighted by molar-refractivity contribution is 5.92. The fourth-order valence-corrected chi connectivity index (χ4v) is 4.81. The van der Waals surface area contributed by atoms with Crippen LogP contribution in [0.15, 0.2) is 24.3 Å². The van der Waals surface area contributed by atoms with E-state index in [9.17, 15) is 4.79 Å². The van der Waals surface area contributed by atoms with Gasteiger partial charge in [0, 0.05) is 17.6 Å². The van der Waals surface area contributed by atoms with Gasteiger partial charge < -0.3 is 10.2 Å². The van der Waals surface area contributed by atoms with Crippen LogP contribution >= 0.6 is 0 Å². The molecular formula is C25H42N2O. The third kappa shape index (κ3) is 6.92. The minimum atomic E-state index is 0.141. The van der Waals surface area contributed by atoms with Crippen LogP contribution in [-0.2, 0) is 4.79 Å². The van der Waals surface area contributed by atoms with Crippen LogP contribution in [0.3, 0.4) is 0 Å². The summed E-state index contributed by atoms with van der Waals surface area (Å²) >= 11 is 0. The number of likely N-dealkylation sites (tertiary alicyclic amines) is 1. The van der Waals surface area contributed by atoms with Gasteiger partial charge in [0.1, 0.15) is 0 Å². The first kappa shape index (κ1) is 22.9. The molecule has 1 aliphatic heterocycles. The van der Waals surface area contributed by atoms with Gasteiger partial charge in [0.15, 0.2) is 0 Å². The predicted octanol–water partition coefficient (Wildman–Crippen LogP) is 6.42. The monoisotopic (exact) mass is 386 g/mol. The molecule has 1 fully saturated rings. The molecule has 3 heteroatoms. The topological polar surface area (TPSA) is 32.3 Å². The zero-order chi connectivity index (χ0) is 20.4. The fraction of sp³-hybridized carbons (Fsp3) is 0.720. The summed E-state index contributed by atoms with van der Waals surface area (Å²) in [7, 11) is 0. The van der Waals surface area contributed by atoms with Crippen molar-refractivity contribution >= 4 is 11.6 Å². The molecule has 0 aliphatic carbocycles. The average molecular weight is 387 g/mol. The van der Waals surface area contributed by atoms with Gasteiger partial charge >= 0.3 is 0 Å². The molecule has 3 atom stereocenters. The SMILES string of the molecule is CCCCCCCC(CC)C1CC(C(=O)Nc2cccc(C)c2)CCN1CC. The van der Waals surface area contributed by atoms with E-state index in [-0.39, 0.29) is 11.8 Å². The third-order valence-corrected chi connectivity index (χ3v) is 6.57. The van der Waals surface area contributed by atoms with E-state index in [2.05, 4.69) is 50.0 Å². The highest BCUT2D eigenvalue weighted by atomic mass is 16.1. The molecule has 2 rings (SSSR count). The Bertz CT molecular complexity index is 586. The molecule has 28 heavy (non-hydrogen) atoms. The van der Waals surface area contributed by atoms with E-state index in [0.29, 0.717) is 6.04 Å². The zero-order valence-corrected chi connectivity index (χ0v) is 18.7. The maximum absolute atomic E-state index is 12.9. The van der Waals surface area contributed by atoms with E-state index < -0.39 is 0 Å². The Balaban J connectivity index is 1.94. The van der Waals surface area contributed by atoms with Gasteiger partial charge in [0.05, 0.1) is 0 Å². The lowest BCUT2D eigenvalue weighted by atomic mass is 9.80. The minimum absolute atomic E-state index is 0.141. The summed E-state index contributed by atoms with van der Waals surface area (Å²) in [6.07, 6.45) is 11.3. The van der Waals surface area contributed by atoms with Crippen LogP contribution in [0.5, 0.6) is 0 Å². The highest BCUT2D eigenvalue weighted by Crippen LogP contribution is 2.32. The number of nitrogens with zero attached hydrogens (tertiary/aromatic N) is 1. The molecule has 1 aromatic carbocycles. The quantitative estimate of drug-likeness (QED) is 0.445. The van der Waals surface area contributed by atoms with E-state index in [4.69, 9.17) is 0 Å². The molecule has 1 heterocycles. The van der Waals surface area contributed by atoms with Crippen LogP contribution in [0.4, 0.5) is 5.69 Å². The number of carbonyl (C=O) groups excluding carboxylic acids is 1. The molecule has 1 N–H and O–H groups in total. The van der Waals surface area contributed by atoms with Crippen molar-refractivity contribution in [2.75, 3.05) is 18.4 Å². The van der Waals surface area contributed by atoms with Gasteiger partial charge in [-0.1, -0.05) is 71.4 Å². The van der Waals surface area contributed by atoms with Crippen molar-refractivity contribution in [1.82, 2.24) is 4.90 Å². The Kier molecular flexibility index (Phi) is 10.0. The van der Waals surface area contributed by atoms with Crippen molar-refractivity contribution in [3.63, 3.8) is 0 Å². The molecule has 0 bridgehead atoms. The maximum atomic E-state index is 12.9. The molecular weight excluding hydrogens is 344 g/mol. The summed E-state index contributed by atoms with van der Waals surface area (Å²) in [6, 6.07) is 8.69. The van der Waals surface area contributed by atoms with Crippen molar-refractivity contribution < 1.29 is 4.79 Å². The van der Waals surface area contributed by atoms with Gasteiger partial charge in [-0.15, -0.1) is 0 Å². The van der Waals surface area contributed by atoms with Crippen LogP contribution in [0.2, 0.25) is 0 Å². The smallest absolute Gasteiger partial charge is 0.227 e. The Hall–Kier alpha value is -1.35. The lowest BCUT2D eigenvalue weighted by molar-refractivity contribution is -0.122. The van der Waals surface area contributed by atoms with E-state index in [1.54, 1.807) is 0 Å². The van der Waals surface area contributed by atoms with Gasteiger partial charge in [0.25, 0.3) is 0 Å². The number of amides is 1. The summed E-state index contributed by atoms with van der Waals surface area (Å²) in [5.74, 6) is 1.07. The van der Waals surface area contributed by atoms with Gasteiger partial charge in [-0.2, -0.15) is 0 Å². The third-order valence-electron chi connectivity index (χ3n) is 6.57. The first-order valence-electron chi connectivity index (χ1n) is 11.7. The summed E-state index contributed by atoms with van der Waals surface area (Å²) in [4.78, 5) is 15.6. The number of piperidine rings is 1. The fourth-order valence-electron chi connectivity index (χ4n) is 4.81. The molecule has 3 unspecified atom stereocenters. The second kappa shape index (κ2) is 12.3. The molecule has 0 aromatic heterocycles. The normalized spacial score (nSPS) is 21.4. The first-order chi connectivity index (χ1) is 13.6. The number of carbonyl (C=O) groups is 1. The Labute approximate surface area is 173 Å². The Morgan fingerprint density at radius 2 is 1.96 bits per heavy atom. The van der Waals surface area contributed by atoms with Crippen molar-refractivity contribution in [3.8, 4) is 0 Å². The number of unbranched alkanes of at least 4 members (excludes halogenated alkanes) is 4. The second-order valence-corrected chi connectivity index (χ2v) is 8.65. The lowest BCUT2D eigenvalue weighted by Gasteiger charge is -2.42. The second-order valence-electron chi connectivity index (χ2n) is 8.65. The van der Waals surface area contributed by atoms with Crippen LogP contribution in [0.1, 0.15) is 84.1 Å². The number of benzene rings is 1. The zero-order valence-electron chi connectivity index (χ0n) is 18.7. The number of hydrogen-bond acceptors (Lipinski definition) is 2. The molecule has 1 amide bonds. The first-order valence-corrected chi connectivity index (χ1v) is 11.7. The molecule has 158 valence electrons. The highest BCUT2D eigenvalue weighted by Gasteiger charge is 2.35. The maximum Gasteiger partial charge on any atom is 0.227 e. The van der Waals surface area contributed by atoms with E-state index >= 15 is 0 Å². The molecule has 0 spiro atoms. The van der Waals surface area contributed by atoms with Gasteiger partial charge in [-0.05, 0) is 62.9 Å². The number of hydrogen-bond donors (Lipinski definition) is 1. The number of rotatable bonds is 11. The number of anilines is 1. The summed E-state index contributed by atoms with van der Waals surface area (Å²) in [5.41, 5.74) is 2.12. The Morgan fingerprint density at radius 1 is 1.18 bits per heavy atom. The molecule has 1 aliphatic rings. The van der Waals surface area contributed by atoms with Crippen molar-refractivity contribution in [1.29, 1.82) is 0 Å². The van der Waals surface area contributed by atoms with Crippen LogP contribution in [-0.4, -0.2) is 29.9 Å².